The highest BCUT2D eigenvalue weighted by Gasteiger charge is 2.57. The van der Waals surface area contributed by atoms with E-state index in [4.69, 9.17) is 0 Å². The van der Waals surface area contributed by atoms with Gasteiger partial charge in [-0.05, 0) is 74.1 Å². The second kappa shape index (κ2) is 6.19. The van der Waals surface area contributed by atoms with Crippen LogP contribution in [0.25, 0.3) is 27.1 Å². The van der Waals surface area contributed by atoms with Gasteiger partial charge in [-0.3, -0.25) is 0 Å². The van der Waals surface area contributed by atoms with Gasteiger partial charge in [0.25, 0.3) is 0 Å². The molecule has 30 heavy (non-hydrogen) atoms. The van der Waals surface area contributed by atoms with Crippen molar-refractivity contribution in [2.75, 3.05) is 0 Å². The average Bonchev–Trinajstić information content (AvgIpc) is 3.00. The Hall–Kier alpha value is -2.14. The van der Waals surface area contributed by atoms with Gasteiger partial charge in [0.15, 0.2) is 5.65 Å². The molecule has 2 aliphatic carbocycles. The fourth-order valence-electron chi connectivity index (χ4n) is 6.24. The van der Waals surface area contributed by atoms with Crippen molar-refractivity contribution in [3.63, 3.8) is 0 Å². The van der Waals surface area contributed by atoms with Gasteiger partial charge in [0.05, 0.1) is 5.69 Å². The second-order valence-corrected chi connectivity index (χ2v) is 11.0. The van der Waals surface area contributed by atoms with E-state index in [9.17, 15) is 0 Å². The number of nitrogens with one attached hydrogen (secondary N) is 1. The molecule has 6 rings (SSSR count). The predicted molar refractivity (Wildman–Crippen MR) is 125 cm³/mol. The van der Waals surface area contributed by atoms with Crippen LogP contribution in [0.2, 0.25) is 0 Å². The van der Waals surface area contributed by atoms with Crippen molar-refractivity contribution in [3.8, 4) is 11.3 Å². The van der Waals surface area contributed by atoms with Gasteiger partial charge in [-0.1, -0.05) is 26.7 Å². The highest BCUT2D eigenvalue weighted by atomic mass is 32.1. The van der Waals surface area contributed by atoms with E-state index in [2.05, 4.69) is 55.9 Å². The van der Waals surface area contributed by atoms with Gasteiger partial charge in [-0.25, -0.2) is 9.50 Å². The van der Waals surface area contributed by atoms with Crippen LogP contribution in [0, 0.1) is 26.7 Å². The maximum atomic E-state index is 4.44. The number of thiophene rings is 1. The van der Waals surface area contributed by atoms with Crippen molar-refractivity contribution >= 4 is 27.2 Å². The number of aromatic nitrogens is 4. The second-order valence-electron chi connectivity index (χ2n) is 9.95. The van der Waals surface area contributed by atoms with Crippen molar-refractivity contribution in [2.45, 2.75) is 78.1 Å². The van der Waals surface area contributed by atoms with E-state index in [0.29, 0.717) is 11.3 Å². The van der Waals surface area contributed by atoms with Crippen LogP contribution in [0.15, 0.2) is 12.5 Å². The van der Waals surface area contributed by atoms with Gasteiger partial charge in [0.2, 0.25) is 0 Å². The van der Waals surface area contributed by atoms with Crippen LogP contribution in [-0.2, 0) is 5.41 Å². The lowest BCUT2D eigenvalue weighted by Gasteiger charge is -2.22. The van der Waals surface area contributed by atoms with Gasteiger partial charge in [-0.15, -0.1) is 11.3 Å². The zero-order valence-corrected chi connectivity index (χ0v) is 19.4. The molecule has 2 fully saturated rings. The summed E-state index contributed by atoms with van der Waals surface area (Å²) >= 11 is 2.04. The average molecular weight is 419 g/mol. The van der Waals surface area contributed by atoms with Crippen molar-refractivity contribution < 1.29 is 0 Å². The lowest BCUT2D eigenvalue weighted by atomic mass is 9.85. The Morgan fingerprint density at radius 3 is 2.77 bits per heavy atom. The first-order valence-electron chi connectivity index (χ1n) is 11.4. The zero-order chi connectivity index (χ0) is 20.8. The molecule has 1 N–H and O–H groups in total. The first kappa shape index (κ1) is 18.6. The molecule has 2 unspecified atom stereocenters. The third-order valence-corrected chi connectivity index (χ3v) is 9.43. The number of hydrogen-bond donors (Lipinski definition) is 1. The molecule has 0 amide bonds. The highest BCUT2D eigenvalue weighted by Crippen LogP contribution is 2.65. The fourth-order valence-corrected chi connectivity index (χ4v) is 7.77. The Kier molecular flexibility index (Phi) is 3.84. The summed E-state index contributed by atoms with van der Waals surface area (Å²) in [6.45, 7) is 11.4. The molecule has 0 spiro atoms. The van der Waals surface area contributed by atoms with E-state index in [0.717, 1.165) is 11.6 Å². The van der Waals surface area contributed by atoms with Crippen LogP contribution in [-0.4, -0.2) is 19.6 Å². The van der Waals surface area contributed by atoms with E-state index in [1.165, 1.54) is 70.3 Å². The van der Waals surface area contributed by atoms with Gasteiger partial charge < -0.3 is 4.98 Å². The van der Waals surface area contributed by atoms with E-state index < -0.39 is 0 Å². The van der Waals surface area contributed by atoms with Crippen LogP contribution < -0.4 is 0 Å². The summed E-state index contributed by atoms with van der Waals surface area (Å²) in [6.07, 6.45) is 10.9. The molecule has 5 heteroatoms. The van der Waals surface area contributed by atoms with Crippen LogP contribution >= 0.6 is 11.3 Å². The molecule has 156 valence electrons. The molecule has 0 aliphatic heterocycles. The normalized spacial score (nSPS) is 23.6. The highest BCUT2D eigenvalue weighted by molar-refractivity contribution is 7.19. The summed E-state index contributed by atoms with van der Waals surface area (Å²) in [5.74, 6) is 1.40. The molecular formula is C25H30N4S. The summed E-state index contributed by atoms with van der Waals surface area (Å²) in [5, 5.41) is 5.91. The van der Waals surface area contributed by atoms with Gasteiger partial charge in [0.1, 0.15) is 11.2 Å². The van der Waals surface area contributed by atoms with E-state index in [1.54, 1.807) is 16.8 Å². The molecule has 2 saturated carbocycles. The Bertz CT molecular complexity index is 1300. The van der Waals surface area contributed by atoms with Crippen LogP contribution in [0.1, 0.15) is 79.0 Å². The van der Waals surface area contributed by atoms with Crippen molar-refractivity contribution in [3.05, 3.63) is 39.7 Å². The first-order chi connectivity index (χ1) is 14.4. The minimum atomic E-state index is 0.458. The molecule has 0 radical (unpaired) electrons. The summed E-state index contributed by atoms with van der Waals surface area (Å²) < 4.78 is 1.92. The largest absolute Gasteiger partial charge is 0.346 e. The maximum absolute atomic E-state index is 4.44. The van der Waals surface area contributed by atoms with Gasteiger partial charge >= 0.3 is 0 Å². The summed E-state index contributed by atoms with van der Waals surface area (Å²) in [6, 6.07) is 0. The summed E-state index contributed by atoms with van der Waals surface area (Å²) in [5.41, 5.74) is 9.48. The Morgan fingerprint density at radius 2 is 2.00 bits per heavy atom. The molecular weight excluding hydrogens is 388 g/mol. The van der Waals surface area contributed by atoms with Crippen LogP contribution in [0.5, 0.6) is 0 Å². The van der Waals surface area contributed by atoms with Crippen LogP contribution in [0.4, 0.5) is 0 Å². The number of aryl methyl sites for hydroxylation is 2. The van der Waals surface area contributed by atoms with Gasteiger partial charge in [0, 0.05) is 27.4 Å². The molecule has 4 aromatic heterocycles. The minimum Gasteiger partial charge on any atom is -0.346 e. The van der Waals surface area contributed by atoms with E-state index >= 15 is 0 Å². The van der Waals surface area contributed by atoms with Crippen molar-refractivity contribution in [1.82, 2.24) is 19.6 Å². The molecule has 2 atom stereocenters. The lowest BCUT2D eigenvalue weighted by molar-refractivity contribution is 0.432. The molecule has 0 saturated heterocycles. The molecule has 4 aromatic rings. The monoisotopic (exact) mass is 418 g/mol. The quantitative estimate of drug-likeness (QED) is 0.397. The first-order valence-corrected chi connectivity index (χ1v) is 12.2. The number of H-pyrrole nitrogens is 1. The number of pyridine rings is 1. The molecule has 0 aromatic carbocycles. The maximum Gasteiger partial charge on any atom is 0.158 e. The van der Waals surface area contributed by atoms with Crippen LogP contribution in [0.3, 0.4) is 0 Å². The SMILES string of the molecule is Cc1c(-c2[nH]c3sc(C45CCCCC4C5)c(C)c3c2C(C)C)cn2ncnc2c1C. The number of aromatic amines is 1. The Morgan fingerprint density at radius 1 is 1.17 bits per heavy atom. The fraction of sp³-hybridized carbons (Fsp3) is 0.520. The van der Waals surface area contributed by atoms with E-state index in [-0.39, 0.29) is 0 Å². The van der Waals surface area contributed by atoms with Gasteiger partial charge in [-0.2, -0.15) is 5.10 Å². The molecule has 4 heterocycles. The molecule has 0 bridgehead atoms. The third-order valence-electron chi connectivity index (χ3n) is 8.01. The predicted octanol–water partition coefficient (Wildman–Crippen LogP) is 6.82. The molecule has 2 aliphatic rings. The number of hydrogen-bond acceptors (Lipinski definition) is 3. The number of nitrogens with zero attached hydrogens (tertiary/aromatic N) is 3. The number of rotatable bonds is 3. The summed E-state index contributed by atoms with van der Waals surface area (Å²) in [4.78, 5) is 11.4. The topological polar surface area (TPSA) is 46.0 Å². The van der Waals surface area contributed by atoms with E-state index in [1.807, 2.05) is 15.9 Å². The summed E-state index contributed by atoms with van der Waals surface area (Å²) in [7, 11) is 0. The smallest absolute Gasteiger partial charge is 0.158 e. The standard InChI is InChI=1S/C25H30N4S/c1-13(2)19-20-16(5)22(25-9-7-6-8-17(25)10-25)30-24(20)28-21(19)18-11-29-23(26-12-27-29)15(4)14(18)3/h11-13,17,28H,6-10H2,1-5H3. The lowest BCUT2D eigenvalue weighted by Crippen LogP contribution is -2.13. The Labute approximate surface area is 181 Å². The van der Waals surface area contributed by atoms with Crippen molar-refractivity contribution in [1.29, 1.82) is 0 Å². The third kappa shape index (κ3) is 2.33. The Balaban J connectivity index is 1.58. The van der Waals surface area contributed by atoms with Crippen molar-refractivity contribution in [2.24, 2.45) is 5.92 Å². The number of fused-ring (bicyclic) bond motifs is 3. The molecule has 4 nitrogen and oxygen atoms in total. The zero-order valence-electron chi connectivity index (χ0n) is 18.6. The minimum absolute atomic E-state index is 0.458.